The zero-order chi connectivity index (χ0) is 17.4. The zero-order valence-electron chi connectivity index (χ0n) is 14.8. The van der Waals surface area contributed by atoms with Crippen LogP contribution in [0.5, 0.6) is 0 Å². The fourth-order valence-corrected chi connectivity index (χ4v) is 3.09. The molecule has 1 aromatic rings. The number of likely N-dealkylation sites (tertiary alicyclic amines) is 1. The number of nitrogens with zero attached hydrogens (tertiary/aromatic N) is 1. The van der Waals surface area contributed by atoms with Gasteiger partial charge in [-0.1, -0.05) is 44.2 Å². The van der Waals surface area contributed by atoms with Crippen molar-refractivity contribution in [1.82, 2.24) is 15.5 Å². The van der Waals surface area contributed by atoms with Gasteiger partial charge in [0.05, 0.1) is 0 Å². The fourth-order valence-electron chi connectivity index (χ4n) is 3.09. The summed E-state index contributed by atoms with van der Waals surface area (Å²) in [5, 5.41) is 6.10. The van der Waals surface area contributed by atoms with Gasteiger partial charge >= 0.3 is 6.03 Å². The minimum Gasteiger partial charge on any atom is -0.353 e. The normalized spacial score (nSPS) is 15.4. The first kappa shape index (κ1) is 18.3. The number of benzene rings is 1. The van der Waals surface area contributed by atoms with Gasteiger partial charge in [-0.3, -0.25) is 4.79 Å². The van der Waals surface area contributed by atoms with Crippen LogP contribution < -0.4 is 10.6 Å². The molecule has 1 fully saturated rings. The zero-order valence-corrected chi connectivity index (χ0v) is 14.8. The molecule has 5 heteroatoms. The monoisotopic (exact) mass is 331 g/mol. The van der Waals surface area contributed by atoms with Crippen molar-refractivity contribution >= 4 is 11.9 Å². The Balaban J connectivity index is 1.72. The standard InChI is InChI=1S/C19H29N3O2/c1-3-16(4-2)18(23)21-17-10-12-22(13-11-17)19(24)20-14-15-8-6-5-7-9-15/h5-9,16-17H,3-4,10-14H2,1-2H3,(H,20,24)(H,21,23). The number of rotatable bonds is 6. The molecule has 0 saturated carbocycles. The number of hydrogen-bond acceptors (Lipinski definition) is 2. The van der Waals surface area contributed by atoms with Crippen LogP contribution in [0.2, 0.25) is 0 Å². The molecule has 0 unspecified atom stereocenters. The van der Waals surface area contributed by atoms with Gasteiger partial charge < -0.3 is 15.5 Å². The van der Waals surface area contributed by atoms with Crippen molar-refractivity contribution < 1.29 is 9.59 Å². The molecule has 24 heavy (non-hydrogen) atoms. The van der Waals surface area contributed by atoms with E-state index in [2.05, 4.69) is 10.6 Å². The summed E-state index contributed by atoms with van der Waals surface area (Å²) in [6.45, 7) is 6.02. The Hall–Kier alpha value is -2.04. The van der Waals surface area contributed by atoms with Gasteiger partial charge in [0.2, 0.25) is 5.91 Å². The molecule has 2 rings (SSSR count). The summed E-state index contributed by atoms with van der Waals surface area (Å²) in [6, 6.07) is 10.1. The Morgan fingerprint density at radius 2 is 1.75 bits per heavy atom. The summed E-state index contributed by atoms with van der Waals surface area (Å²) in [6.07, 6.45) is 3.40. The third-order valence-electron chi connectivity index (χ3n) is 4.77. The summed E-state index contributed by atoms with van der Waals surface area (Å²) in [4.78, 5) is 26.2. The number of nitrogens with one attached hydrogen (secondary N) is 2. The minimum atomic E-state index is -0.0244. The molecule has 132 valence electrons. The lowest BCUT2D eigenvalue weighted by Gasteiger charge is -2.33. The number of carbonyl (C=O) groups excluding carboxylic acids is 2. The predicted molar refractivity (Wildman–Crippen MR) is 95.5 cm³/mol. The van der Waals surface area contributed by atoms with Crippen molar-refractivity contribution in [2.45, 2.75) is 52.1 Å². The molecule has 1 saturated heterocycles. The maximum Gasteiger partial charge on any atom is 0.317 e. The van der Waals surface area contributed by atoms with Crippen LogP contribution in [-0.4, -0.2) is 36.0 Å². The fraction of sp³-hybridized carbons (Fsp3) is 0.579. The molecule has 0 spiro atoms. The lowest BCUT2D eigenvalue weighted by Crippen LogP contribution is -2.50. The molecule has 0 aliphatic carbocycles. The molecule has 0 aromatic heterocycles. The molecule has 1 aliphatic heterocycles. The van der Waals surface area contributed by atoms with E-state index in [4.69, 9.17) is 0 Å². The van der Waals surface area contributed by atoms with Crippen molar-refractivity contribution in [3.8, 4) is 0 Å². The van der Waals surface area contributed by atoms with E-state index in [1.807, 2.05) is 49.1 Å². The smallest absolute Gasteiger partial charge is 0.317 e. The third-order valence-corrected chi connectivity index (χ3v) is 4.77. The highest BCUT2D eigenvalue weighted by Gasteiger charge is 2.25. The average molecular weight is 331 g/mol. The van der Waals surface area contributed by atoms with Crippen LogP contribution in [0.3, 0.4) is 0 Å². The van der Waals surface area contributed by atoms with E-state index in [-0.39, 0.29) is 23.9 Å². The van der Waals surface area contributed by atoms with Crippen molar-refractivity contribution in [2.75, 3.05) is 13.1 Å². The topological polar surface area (TPSA) is 61.4 Å². The second-order valence-electron chi connectivity index (χ2n) is 6.43. The van der Waals surface area contributed by atoms with E-state index in [9.17, 15) is 9.59 Å². The summed E-state index contributed by atoms with van der Waals surface area (Å²) >= 11 is 0. The minimum absolute atomic E-state index is 0.0244. The first-order valence-corrected chi connectivity index (χ1v) is 9.01. The lowest BCUT2D eigenvalue weighted by atomic mass is 10.00. The van der Waals surface area contributed by atoms with Crippen LogP contribution in [0.1, 0.15) is 45.1 Å². The van der Waals surface area contributed by atoms with Gasteiger partial charge in [-0.05, 0) is 31.2 Å². The highest BCUT2D eigenvalue weighted by Crippen LogP contribution is 2.13. The maximum atomic E-state index is 12.2. The highest BCUT2D eigenvalue weighted by atomic mass is 16.2. The van der Waals surface area contributed by atoms with E-state index in [0.717, 1.165) is 31.2 Å². The van der Waals surface area contributed by atoms with E-state index in [1.54, 1.807) is 0 Å². The highest BCUT2D eigenvalue weighted by molar-refractivity contribution is 5.79. The van der Waals surface area contributed by atoms with Crippen LogP contribution >= 0.6 is 0 Å². The quantitative estimate of drug-likeness (QED) is 0.842. The van der Waals surface area contributed by atoms with Crippen molar-refractivity contribution in [2.24, 2.45) is 5.92 Å². The number of urea groups is 1. The van der Waals surface area contributed by atoms with E-state index in [0.29, 0.717) is 19.6 Å². The second kappa shape index (κ2) is 9.30. The Kier molecular flexibility index (Phi) is 7.09. The number of hydrogen-bond donors (Lipinski definition) is 2. The van der Waals surface area contributed by atoms with Gasteiger partial charge in [0.1, 0.15) is 0 Å². The van der Waals surface area contributed by atoms with E-state index < -0.39 is 0 Å². The van der Waals surface area contributed by atoms with Gasteiger partial charge in [-0.15, -0.1) is 0 Å². The van der Waals surface area contributed by atoms with Crippen LogP contribution in [0.15, 0.2) is 30.3 Å². The maximum absolute atomic E-state index is 12.2. The summed E-state index contributed by atoms with van der Waals surface area (Å²) < 4.78 is 0. The molecular weight excluding hydrogens is 302 g/mol. The lowest BCUT2D eigenvalue weighted by molar-refractivity contribution is -0.126. The Morgan fingerprint density at radius 1 is 1.12 bits per heavy atom. The van der Waals surface area contributed by atoms with Gasteiger partial charge in [0.25, 0.3) is 0 Å². The number of carbonyl (C=O) groups is 2. The largest absolute Gasteiger partial charge is 0.353 e. The first-order chi connectivity index (χ1) is 11.6. The van der Waals surface area contributed by atoms with Crippen LogP contribution in [0, 0.1) is 5.92 Å². The summed E-state index contributed by atoms with van der Waals surface area (Å²) in [5.41, 5.74) is 1.10. The van der Waals surface area contributed by atoms with E-state index in [1.165, 1.54) is 0 Å². The summed E-state index contributed by atoms with van der Waals surface area (Å²) in [5.74, 6) is 0.268. The summed E-state index contributed by atoms with van der Waals surface area (Å²) in [7, 11) is 0. The van der Waals surface area contributed by atoms with Gasteiger partial charge in [0, 0.05) is 31.6 Å². The van der Waals surface area contributed by atoms with Crippen molar-refractivity contribution in [3.05, 3.63) is 35.9 Å². The molecule has 0 atom stereocenters. The molecular formula is C19H29N3O2. The SMILES string of the molecule is CCC(CC)C(=O)NC1CCN(C(=O)NCc2ccccc2)CC1. The van der Waals surface area contributed by atoms with Gasteiger partial charge in [0.15, 0.2) is 0 Å². The van der Waals surface area contributed by atoms with Crippen molar-refractivity contribution in [1.29, 1.82) is 0 Å². The Morgan fingerprint density at radius 3 is 2.33 bits per heavy atom. The molecule has 2 N–H and O–H groups in total. The predicted octanol–water partition coefficient (Wildman–Crippen LogP) is 2.91. The van der Waals surface area contributed by atoms with Crippen LogP contribution in [0.25, 0.3) is 0 Å². The molecule has 0 radical (unpaired) electrons. The van der Waals surface area contributed by atoms with Gasteiger partial charge in [-0.25, -0.2) is 4.79 Å². The number of piperidine rings is 1. The molecule has 5 nitrogen and oxygen atoms in total. The molecule has 0 bridgehead atoms. The van der Waals surface area contributed by atoms with Gasteiger partial charge in [-0.2, -0.15) is 0 Å². The molecule has 1 heterocycles. The van der Waals surface area contributed by atoms with E-state index >= 15 is 0 Å². The molecule has 1 aromatic carbocycles. The van der Waals surface area contributed by atoms with Crippen LogP contribution in [0.4, 0.5) is 4.79 Å². The first-order valence-electron chi connectivity index (χ1n) is 9.01. The second-order valence-corrected chi connectivity index (χ2v) is 6.43. The van der Waals surface area contributed by atoms with Crippen molar-refractivity contribution in [3.63, 3.8) is 0 Å². The molecule has 3 amide bonds. The Labute approximate surface area is 144 Å². The molecule has 1 aliphatic rings. The Bertz CT molecular complexity index is 521. The average Bonchev–Trinajstić information content (AvgIpc) is 2.62. The van der Waals surface area contributed by atoms with Crippen LogP contribution in [-0.2, 0) is 11.3 Å². The third kappa shape index (κ3) is 5.25. The number of amides is 3.